The Morgan fingerprint density at radius 1 is 1.14 bits per heavy atom. The van der Waals surface area contributed by atoms with Gasteiger partial charge in [0.1, 0.15) is 22.1 Å². The zero-order valence-corrected chi connectivity index (χ0v) is 16.7. The number of aromatic hydroxyl groups is 1. The molecule has 0 radical (unpaired) electrons. The summed E-state index contributed by atoms with van der Waals surface area (Å²) in [4.78, 5) is 17.5. The molecule has 144 valence electrons. The number of aliphatic imine (C=N–C) groups is 1. The van der Waals surface area contributed by atoms with Crippen molar-refractivity contribution in [2.45, 2.75) is 20.8 Å². The summed E-state index contributed by atoms with van der Waals surface area (Å²) in [5.41, 5.74) is 3.37. The maximum absolute atomic E-state index is 12.4. The fourth-order valence-electron chi connectivity index (χ4n) is 2.88. The van der Waals surface area contributed by atoms with E-state index in [4.69, 9.17) is 4.74 Å². The van der Waals surface area contributed by atoms with E-state index in [1.807, 2.05) is 32.0 Å². The van der Waals surface area contributed by atoms with Gasteiger partial charge in [0.05, 0.1) is 17.2 Å². The van der Waals surface area contributed by atoms with Crippen molar-refractivity contribution in [2.24, 2.45) is 4.99 Å². The van der Waals surface area contributed by atoms with Crippen molar-refractivity contribution in [3.63, 3.8) is 0 Å². The van der Waals surface area contributed by atoms with Crippen LogP contribution in [0.15, 0.2) is 63.7 Å². The zero-order chi connectivity index (χ0) is 20.3. The van der Waals surface area contributed by atoms with Crippen molar-refractivity contribution in [1.29, 1.82) is 0 Å². The van der Waals surface area contributed by atoms with Gasteiger partial charge in [0.15, 0.2) is 0 Å². The number of esters is 1. The topological polar surface area (TPSA) is 79.1 Å². The highest BCUT2D eigenvalue weighted by Crippen LogP contribution is 2.41. The van der Waals surface area contributed by atoms with Crippen LogP contribution in [-0.4, -0.2) is 27.8 Å². The predicted octanol–water partition coefficient (Wildman–Crippen LogP) is 5.20. The molecule has 0 saturated carbocycles. The molecule has 0 aliphatic carbocycles. The quantitative estimate of drug-likeness (QED) is 0.696. The van der Waals surface area contributed by atoms with E-state index in [-0.39, 0.29) is 23.7 Å². The first-order valence-corrected chi connectivity index (χ1v) is 9.66. The number of phenols is 1. The molecule has 1 aliphatic heterocycles. The van der Waals surface area contributed by atoms with Crippen LogP contribution >= 0.6 is 11.8 Å². The zero-order valence-electron chi connectivity index (χ0n) is 15.9. The number of benzene rings is 2. The number of thioether (sulfide) groups is 1. The van der Waals surface area contributed by atoms with Crippen molar-refractivity contribution >= 4 is 34.5 Å². The van der Waals surface area contributed by atoms with Crippen molar-refractivity contribution in [3.05, 3.63) is 75.4 Å². The molecule has 0 amide bonds. The molecule has 2 aromatic rings. The van der Waals surface area contributed by atoms with E-state index in [0.29, 0.717) is 21.2 Å². The van der Waals surface area contributed by atoms with E-state index in [9.17, 15) is 15.0 Å². The number of hydrogen-bond acceptors (Lipinski definition) is 6. The number of carbonyl (C=O) groups is 1. The largest absolute Gasteiger partial charge is 0.507 e. The summed E-state index contributed by atoms with van der Waals surface area (Å²) in [5.74, 6) is -0.744. The maximum Gasteiger partial charge on any atom is 0.344 e. The summed E-state index contributed by atoms with van der Waals surface area (Å²) < 4.78 is 5.11. The summed E-state index contributed by atoms with van der Waals surface area (Å²) in [5, 5.41) is 21.1. The lowest BCUT2D eigenvalue weighted by atomic mass is 10.1. The third-order valence-electron chi connectivity index (χ3n) is 4.03. The second-order valence-corrected chi connectivity index (χ2v) is 7.41. The van der Waals surface area contributed by atoms with Crippen LogP contribution in [0.2, 0.25) is 0 Å². The van der Waals surface area contributed by atoms with Crippen molar-refractivity contribution in [2.75, 3.05) is 6.61 Å². The average molecular weight is 395 g/mol. The van der Waals surface area contributed by atoms with E-state index >= 15 is 0 Å². The highest BCUT2D eigenvalue weighted by atomic mass is 32.2. The molecule has 3 rings (SSSR count). The van der Waals surface area contributed by atoms with Crippen LogP contribution in [-0.2, 0) is 9.53 Å². The fraction of sp³-hybridized carbons (Fsp3) is 0.182. The number of carbonyl (C=O) groups excluding carboxylic acids is 1. The molecule has 0 spiro atoms. The standard InChI is InChI=1S/C22H21NO4S/c1-4-27-22(26)19-20(25)18(12-15-7-5-6-8-17(15)24)28-21(19)23-16-10-13(2)9-14(3)11-16/h5-12,24-25H,4H2,1-3H3/b18-12+,23-21?. The van der Waals surface area contributed by atoms with E-state index in [0.717, 1.165) is 11.1 Å². The van der Waals surface area contributed by atoms with Crippen molar-refractivity contribution in [3.8, 4) is 5.75 Å². The van der Waals surface area contributed by atoms with Crippen LogP contribution in [0.4, 0.5) is 5.69 Å². The van der Waals surface area contributed by atoms with Crippen LogP contribution in [0.5, 0.6) is 5.75 Å². The van der Waals surface area contributed by atoms with E-state index < -0.39 is 5.97 Å². The molecule has 0 bridgehead atoms. The van der Waals surface area contributed by atoms with Gasteiger partial charge in [-0.3, -0.25) is 0 Å². The second-order valence-electron chi connectivity index (χ2n) is 6.38. The number of aliphatic hydroxyl groups is 1. The Labute approximate surface area is 168 Å². The summed E-state index contributed by atoms with van der Waals surface area (Å²) in [6.07, 6.45) is 1.62. The number of rotatable bonds is 4. The lowest BCUT2D eigenvalue weighted by Crippen LogP contribution is -2.12. The highest BCUT2D eigenvalue weighted by molar-refractivity contribution is 8.18. The van der Waals surface area contributed by atoms with Gasteiger partial charge in [0, 0.05) is 5.56 Å². The van der Waals surface area contributed by atoms with E-state index in [1.165, 1.54) is 11.8 Å². The number of phenolic OH excluding ortho intramolecular Hbond substituents is 1. The lowest BCUT2D eigenvalue weighted by Gasteiger charge is -2.05. The fourth-order valence-corrected chi connectivity index (χ4v) is 3.90. The third-order valence-corrected chi connectivity index (χ3v) is 5.05. The van der Waals surface area contributed by atoms with Crippen LogP contribution in [0, 0.1) is 13.8 Å². The number of para-hydroxylation sites is 1. The van der Waals surface area contributed by atoms with Gasteiger partial charge in [-0.25, -0.2) is 9.79 Å². The molecule has 2 N–H and O–H groups in total. The lowest BCUT2D eigenvalue weighted by molar-refractivity contribution is -0.138. The number of aliphatic hydroxyl groups excluding tert-OH is 1. The number of nitrogens with zero attached hydrogens (tertiary/aromatic N) is 1. The molecule has 2 aromatic carbocycles. The van der Waals surface area contributed by atoms with E-state index in [2.05, 4.69) is 4.99 Å². The van der Waals surface area contributed by atoms with Gasteiger partial charge in [-0.2, -0.15) is 0 Å². The molecular formula is C22H21NO4S. The molecule has 1 aliphatic rings. The summed E-state index contributed by atoms with van der Waals surface area (Å²) >= 11 is 1.17. The van der Waals surface area contributed by atoms with Gasteiger partial charge in [0.25, 0.3) is 0 Å². The Hall–Kier alpha value is -2.99. The number of hydrogen-bond donors (Lipinski definition) is 2. The smallest absolute Gasteiger partial charge is 0.344 e. The molecule has 0 atom stereocenters. The molecule has 0 unspecified atom stereocenters. The van der Waals surface area contributed by atoms with Gasteiger partial charge in [-0.05, 0) is 56.2 Å². The van der Waals surface area contributed by atoms with Gasteiger partial charge in [0.2, 0.25) is 0 Å². The Morgan fingerprint density at radius 3 is 2.46 bits per heavy atom. The molecule has 0 aromatic heterocycles. The molecular weight excluding hydrogens is 374 g/mol. The minimum absolute atomic E-state index is 0.0349. The average Bonchev–Trinajstić information content (AvgIpc) is 2.91. The Kier molecular flexibility index (Phi) is 5.90. The SMILES string of the molecule is CCOC(=O)C1=C(O)/C(=C\c2ccccc2O)SC1=Nc1cc(C)cc(C)c1. The minimum atomic E-state index is -0.628. The normalized spacial score (nSPS) is 16.8. The predicted molar refractivity (Wildman–Crippen MR) is 113 cm³/mol. The molecule has 28 heavy (non-hydrogen) atoms. The first-order chi connectivity index (χ1) is 13.4. The number of aryl methyl sites for hydroxylation is 2. The van der Waals surface area contributed by atoms with Gasteiger partial charge in [-0.1, -0.05) is 36.0 Å². The molecule has 6 heteroatoms. The molecule has 1 heterocycles. The van der Waals surface area contributed by atoms with Crippen LogP contribution in [0.3, 0.4) is 0 Å². The highest BCUT2D eigenvalue weighted by Gasteiger charge is 2.33. The Bertz CT molecular complexity index is 1000. The summed E-state index contributed by atoms with van der Waals surface area (Å²) in [7, 11) is 0. The first-order valence-electron chi connectivity index (χ1n) is 8.84. The van der Waals surface area contributed by atoms with Crippen LogP contribution in [0.1, 0.15) is 23.6 Å². The van der Waals surface area contributed by atoms with Crippen LogP contribution in [0.25, 0.3) is 6.08 Å². The van der Waals surface area contributed by atoms with Crippen molar-refractivity contribution in [1.82, 2.24) is 0 Å². The molecule has 0 saturated heterocycles. The maximum atomic E-state index is 12.4. The second kappa shape index (κ2) is 8.35. The third kappa shape index (κ3) is 4.28. The monoisotopic (exact) mass is 395 g/mol. The van der Waals surface area contributed by atoms with Gasteiger partial charge >= 0.3 is 5.97 Å². The Morgan fingerprint density at radius 2 is 1.82 bits per heavy atom. The first kappa shape index (κ1) is 19.8. The van der Waals surface area contributed by atoms with Crippen molar-refractivity contribution < 1.29 is 19.7 Å². The van der Waals surface area contributed by atoms with Crippen LogP contribution < -0.4 is 0 Å². The van der Waals surface area contributed by atoms with E-state index in [1.54, 1.807) is 37.3 Å². The minimum Gasteiger partial charge on any atom is -0.507 e. The van der Waals surface area contributed by atoms with Gasteiger partial charge < -0.3 is 14.9 Å². The summed E-state index contributed by atoms with van der Waals surface area (Å²) in [6, 6.07) is 12.6. The molecule has 5 nitrogen and oxygen atoms in total. The summed E-state index contributed by atoms with van der Waals surface area (Å²) in [6.45, 7) is 5.84. The number of ether oxygens (including phenoxy) is 1. The van der Waals surface area contributed by atoms with Gasteiger partial charge in [-0.15, -0.1) is 0 Å². The molecule has 0 fully saturated rings. The Balaban J connectivity index is 2.09.